The second-order valence-corrected chi connectivity index (χ2v) is 5.67. The molecule has 0 saturated heterocycles. The molecule has 0 bridgehead atoms. The summed E-state index contributed by atoms with van der Waals surface area (Å²) in [5.41, 5.74) is 2.83. The first-order valence-electron chi connectivity index (χ1n) is 6.95. The summed E-state index contributed by atoms with van der Waals surface area (Å²) in [6, 6.07) is 13.2. The minimum atomic E-state index is 0.0548. The van der Waals surface area contributed by atoms with Gasteiger partial charge >= 0.3 is 0 Å². The Labute approximate surface area is 135 Å². The number of halogens is 2. The van der Waals surface area contributed by atoms with Crippen molar-refractivity contribution in [2.75, 3.05) is 5.32 Å². The first-order chi connectivity index (χ1) is 10.1. The molecule has 2 nitrogen and oxygen atoms in total. The van der Waals surface area contributed by atoms with Crippen LogP contribution in [0.4, 0.5) is 5.69 Å². The molecule has 0 radical (unpaired) electrons. The molecule has 0 aliphatic carbocycles. The number of anilines is 1. The molecule has 0 aliphatic heterocycles. The third-order valence-corrected chi connectivity index (χ3v) is 3.92. The number of hydrogen-bond donors (Lipinski definition) is 1. The SMILES string of the molecule is CCCCC(=O)Nc1ccc(-c2ccc(Cl)c(Cl)c2)cc1. The van der Waals surface area contributed by atoms with Crippen LogP contribution in [0.1, 0.15) is 26.2 Å². The summed E-state index contributed by atoms with van der Waals surface area (Å²) in [6.45, 7) is 2.07. The van der Waals surface area contributed by atoms with Crippen molar-refractivity contribution in [3.63, 3.8) is 0 Å². The summed E-state index contributed by atoms with van der Waals surface area (Å²) < 4.78 is 0. The van der Waals surface area contributed by atoms with E-state index < -0.39 is 0 Å². The van der Waals surface area contributed by atoms with Gasteiger partial charge in [-0.1, -0.05) is 54.7 Å². The second-order valence-electron chi connectivity index (χ2n) is 4.86. The zero-order chi connectivity index (χ0) is 15.2. The van der Waals surface area contributed by atoms with Crippen molar-refractivity contribution >= 4 is 34.8 Å². The average molecular weight is 322 g/mol. The zero-order valence-corrected chi connectivity index (χ0v) is 13.3. The van der Waals surface area contributed by atoms with E-state index in [1.807, 2.05) is 36.4 Å². The van der Waals surface area contributed by atoms with Gasteiger partial charge in [-0.3, -0.25) is 4.79 Å². The van der Waals surface area contributed by atoms with Crippen LogP contribution in [-0.2, 0) is 4.79 Å². The maximum Gasteiger partial charge on any atom is 0.224 e. The molecule has 0 spiro atoms. The number of hydrogen-bond acceptors (Lipinski definition) is 1. The highest BCUT2D eigenvalue weighted by Gasteiger charge is 2.04. The number of amides is 1. The van der Waals surface area contributed by atoms with Crippen LogP contribution in [0.15, 0.2) is 42.5 Å². The van der Waals surface area contributed by atoms with Crippen LogP contribution in [0.2, 0.25) is 10.0 Å². The van der Waals surface area contributed by atoms with Gasteiger partial charge in [0.05, 0.1) is 10.0 Å². The summed E-state index contributed by atoms with van der Waals surface area (Å²) >= 11 is 11.9. The predicted octanol–water partition coefficient (Wildman–Crippen LogP) is 5.79. The van der Waals surface area contributed by atoms with Crippen molar-refractivity contribution in [2.24, 2.45) is 0 Å². The first kappa shape index (κ1) is 15.9. The molecule has 21 heavy (non-hydrogen) atoms. The molecule has 1 N–H and O–H groups in total. The molecule has 2 aromatic rings. The van der Waals surface area contributed by atoms with Gasteiger partial charge in [0.2, 0.25) is 5.91 Å². The Morgan fingerprint density at radius 2 is 1.67 bits per heavy atom. The number of rotatable bonds is 5. The normalized spacial score (nSPS) is 10.4. The van der Waals surface area contributed by atoms with Crippen LogP contribution < -0.4 is 5.32 Å². The van der Waals surface area contributed by atoms with Crippen molar-refractivity contribution in [1.29, 1.82) is 0 Å². The molecule has 2 rings (SSSR count). The first-order valence-corrected chi connectivity index (χ1v) is 7.71. The Morgan fingerprint density at radius 1 is 1.00 bits per heavy atom. The van der Waals surface area contributed by atoms with Crippen LogP contribution in [0.3, 0.4) is 0 Å². The molecule has 0 aromatic heterocycles. The smallest absolute Gasteiger partial charge is 0.224 e. The lowest BCUT2D eigenvalue weighted by atomic mass is 10.1. The maximum atomic E-state index is 11.7. The molecule has 0 atom stereocenters. The summed E-state index contributed by atoms with van der Waals surface area (Å²) in [5.74, 6) is 0.0548. The Balaban J connectivity index is 2.08. The third kappa shape index (κ3) is 4.48. The van der Waals surface area contributed by atoms with E-state index in [4.69, 9.17) is 23.2 Å². The van der Waals surface area contributed by atoms with E-state index in [0.29, 0.717) is 16.5 Å². The Kier molecular flexibility index (Phi) is 5.66. The Hall–Kier alpha value is -1.51. The standard InChI is InChI=1S/C17H17Cl2NO/c1-2-3-4-17(21)20-14-8-5-12(6-9-14)13-7-10-15(18)16(19)11-13/h5-11H,2-4H2,1H3,(H,20,21). The lowest BCUT2D eigenvalue weighted by Gasteiger charge is -2.07. The predicted molar refractivity (Wildman–Crippen MR) is 90.1 cm³/mol. The van der Waals surface area contributed by atoms with Crippen LogP contribution in [-0.4, -0.2) is 5.91 Å². The number of unbranched alkanes of at least 4 members (excludes halogenated alkanes) is 1. The van der Waals surface area contributed by atoms with E-state index in [1.54, 1.807) is 6.07 Å². The van der Waals surface area contributed by atoms with Crippen LogP contribution in [0, 0.1) is 0 Å². The van der Waals surface area contributed by atoms with Crippen LogP contribution in [0.25, 0.3) is 11.1 Å². The summed E-state index contributed by atoms with van der Waals surface area (Å²) in [4.78, 5) is 11.7. The van der Waals surface area contributed by atoms with Gasteiger partial charge in [-0.2, -0.15) is 0 Å². The molecular formula is C17H17Cl2NO. The van der Waals surface area contributed by atoms with Crippen molar-refractivity contribution < 1.29 is 4.79 Å². The topological polar surface area (TPSA) is 29.1 Å². The summed E-state index contributed by atoms with van der Waals surface area (Å²) in [5, 5.41) is 3.97. The van der Waals surface area contributed by atoms with Gasteiger partial charge in [0.25, 0.3) is 0 Å². The van der Waals surface area contributed by atoms with Gasteiger partial charge < -0.3 is 5.32 Å². The number of benzene rings is 2. The fraction of sp³-hybridized carbons (Fsp3) is 0.235. The minimum absolute atomic E-state index is 0.0548. The molecule has 0 fully saturated rings. The fourth-order valence-corrected chi connectivity index (χ4v) is 2.28. The highest BCUT2D eigenvalue weighted by Crippen LogP contribution is 2.29. The molecule has 110 valence electrons. The number of nitrogens with one attached hydrogen (secondary N) is 1. The van der Waals surface area contributed by atoms with Crippen molar-refractivity contribution in [1.82, 2.24) is 0 Å². The lowest BCUT2D eigenvalue weighted by Crippen LogP contribution is -2.10. The largest absolute Gasteiger partial charge is 0.326 e. The maximum absolute atomic E-state index is 11.7. The number of carbonyl (C=O) groups excluding carboxylic acids is 1. The lowest BCUT2D eigenvalue weighted by molar-refractivity contribution is -0.116. The van der Waals surface area contributed by atoms with Crippen molar-refractivity contribution in [3.05, 3.63) is 52.5 Å². The molecule has 0 unspecified atom stereocenters. The van der Waals surface area contributed by atoms with Gasteiger partial charge in [-0.05, 0) is 41.8 Å². The number of carbonyl (C=O) groups is 1. The molecule has 0 heterocycles. The summed E-state index contributed by atoms with van der Waals surface area (Å²) in [7, 11) is 0. The highest BCUT2D eigenvalue weighted by atomic mass is 35.5. The Bertz CT molecular complexity index is 623. The molecular weight excluding hydrogens is 305 g/mol. The van der Waals surface area contributed by atoms with E-state index in [1.165, 1.54) is 0 Å². The van der Waals surface area contributed by atoms with Crippen molar-refractivity contribution in [2.45, 2.75) is 26.2 Å². The van der Waals surface area contributed by atoms with Gasteiger partial charge in [0.15, 0.2) is 0 Å². The van der Waals surface area contributed by atoms with Crippen molar-refractivity contribution in [3.8, 4) is 11.1 Å². The third-order valence-electron chi connectivity index (χ3n) is 3.18. The van der Waals surface area contributed by atoms with E-state index >= 15 is 0 Å². The van der Waals surface area contributed by atoms with E-state index in [-0.39, 0.29) is 5.91 Å². The van der Waals surface area contributed by atoms with Gasteiger partial charge in [-0.15, -0.1) is 0 Å². The quantitative estimate of drug-likeness (QED) is 0.742. The Morgan fingerprint density at radius 3 is 2.29 bits per heavy atom. The summed E-state index contributed by atoms with van der Waals surface area (Å²) in [6.07, 6.45) is 2.49. The molecule has 0 aliphatic rings. The molecule has 1 amide bonds. The van der Waals surface area contributed by atoms with Gasteiger partial charge in [0, 0.05) is 12.1 Å². The van der Waals surface area contributed by atoms with Crippen LogP contribution in [0.5, 0.6) is 0 Å². The van der Waals surface area contributed by atoms with Gasteiger partial charge in [-0.25, -0.2) is 0 Å². The minimum Gasteiger partial charge on any atom is -0.326 e. The van der Waals surface area contributed by atoms with E-state index in [9.17, 15) is 4.79 Å². The molecule has 2 aromatic carbocycles. The van der Waals surface area contributed by atoms with Gasteiger partial charge in [0.1, 0.15) is 0 Å². The molecule has 0 saturated carbocycles. The monoisotopic (exact) mass is 321 g/mol. The zero-order valence-electron chi connectivity index (χ0n) is 11.8. The van der Waals surface area contributed by atoms with Crippen LogP contribution >= 0.6 is 23.2 Å². The fourth-order valence-electron chi connectivity index (χ4n) is 1.98. The van der Waals surface area contributed by atoms with E-state index in [0.717, 1.165) is 29.7 Å². The molecule has 4 heteroatoms. The average Bonchev–Trinajstić information content (AvgIpc) is 2.49. The van der Waals surface area contributed by atoms with E-state index in [2.05, 4.69) is 12.2 Å². The second kappa shape index (κ2) is 7.48. The highest BCUT2D eigenvalue weighted by molar-refractivity contribution is 6.42.